The van der Waals surface area contributed by atoms with Crippen LogP contribution in [0.5, 0.6) is 5.75 Å². The monoisotopic (exact) mass is 439 g/mol. The summed E-state index contributed by atoms with van der Waals surface area (Å²) < 4.78 is 18.8. The summed E-state index contributed by atoms with van der Waals surface area (Å²) in [6.07, 6.45) is 4.58. The van der Waals surface area contributed by atoms with Gasteiger partial charge in [0.1, 0.15) is 11.6 Å². The molecular weight excluding hydrogens is 413 g/mol. The van der Waals surface area contributed by atoms with E-state index in [1.807, 2.05) is 0 Å². The molecule has 1 saturated heterocycles. The van der Waals surface area contributed by atoms with Crippen molar-refractivity contribution in [1.29, 1.82) is 0 Å². The maximum Gasteiger partial charge on any atom is 0.258 e. The van der Waals surface area contributed by atoms with Gasteiger partial charge in [0, 0.05) is 23.8 Å². The molecule has 5 rings (SSSR count). The van der Waals surface area contributed by atoms with Crippen molar-refractivity contribution in [3.8, 4) is 5.75 Å². The van der Waals surface area contributed by atoms with E-state index in [1.54, 1.807) is 0 Å². The Labute approximate surface area is 179 Å². The molecule has 7 nitrogen and oxygen atoms in total. The third-order valence-electron chi connectivity index (χ3n) is 6.45. The van der Waals surface area contributed by atoms with Crippen molar-refractivity contribution in [2.75, 3.05) is 19.8 Å². The Kier molecular flexibility index (Phi) is 5.92. The summed E-state index contributed by atoms with van der Waals surface area (Å²) in [7, 11) is 0. The smallest absolute Gasteiger partial charge is 0.258 e. The van der Waals surface area contributed by atoms with Crippen molar-refractivity contribution < 1.29 is 23.8 Å². The molecule has 1 aromatic rings. The number of benzene rings is 1. The van der Waals surface area contributed by atoms with Crippen LogP contribution in [0.15, 0.2) is 18.2 Å². The van der Waals surface area contributed by atoms with E-state index < -0.39 is 5.82 Å². The van der Waals surface area contributed by atoms with E-state index in [0.717, 1.165) is 31.9 Å². The molecule has 3 aliphatic carbocycles. The Morgan fingerprint density at radius 3 is 2.70 bits per heavy atom. The second-order valence-corrected chi connectivity index (χ2v) is 9.31. The van der Waals surface area contributed by atoms with Gasteiger partial charge in [0.05, 0.1) is 11.1 Å². The minimum absolute atomic E-state index is 0.000331. The number of carbonyl (C=O) groups is 2. The molecule has 4 fully saturated rings. The standard InChI is InChI=1S/C21H27ClFN3O4/c22-15-2-1-14(8-16(15)23)30-9-18(28)25-20-10-21(11-20,12-20)26-19(29)17-7-13(4-6-27)3-5-24-17/h1-2,8,13,17,24,27H,3-7,9-12H2,(H,25,28)(H,26,29). The summed E-state index contributed by atoms with van der Waals surface area (Å²) >= 11 is 5.63. The fourth-order valence-corrected chi connectivity index (χ4v) is 5.21. The third kappa shape index (κ3) is 4.40. The van der Waals surface area contributed by atoms with Crippen LogP contribution in [-0.4, -0.2) is 53.8 Å². The lowest BCUT2D eigenvalue weighted by Gasteiger charge is -2.70. The molecule has 1 heterocycles. The molecular formula is C21H27ClFN3O4. The summed E-state index contributed by atoms with van der Waals surface area (Å²) in [5.74, 6) is -0.245. The number of amides is 2. The summed E-state index contributed by atoms with van der Waals surface area (Å²) in [6, 6.07) is 3.81. The molecule has 2 bridgehead atoms. The fourth-order valence-electron chi connectivity index (χ4n) is 5.09. The Bertz CT molecular complexity index is 815. The first-order valence-corrected chi connectivity index (χ1v) is 10.8. The Hall–Kier alpha value is -1.90. The van der Waals surface area contributed by atoms with Crippen molar-refractivity contribution >= 4 is 23.4 Å². The Morgan fingerprint density at radius 2 is 2.00 bits per heavy atom. The lowest BCUT2D eigenvalue weighted by molar-refractivity contribution is -0.151. The quantitative estimate of drug-likeness (QED) is 0.492. The van der Waals surface area contributed by atoms with E-state index >= 15 is 0 Å². The maximum absolute atomic E-state index is 13.4. The molecule has 0 spiro atoms. The lowest BCUT2D eigenvalue weighted by Crippen LogP contribution is -2.84. The van der Waals surface area contributed by atoms with Gasteiger partial charge in [-0.05, 0) is 63.1 Å². The zero-order chi connectivity index (χ0) is 21.4. The van der Waals surface area contributed by atoms with Crippen molar-refractivity contribution in [3.63, 3.8) is 0 Å². The SMILES string of the molecule is O=C(COc1ccc(Cl)c(F)c1)NC12CC(NC(=O)C3CC(CCO)CCN3)(C1)C2. The highest BCUT2D eigenvalue weighted by Gasteiger charge is 2.69. The predicted molar refractivity (Wildman–Crippen MR) is 109 cm³/mol. The van der Waals surface area contributed by atoms with Gasteiger partial charge < -0.3 is 25.8 Å². The molecule has 0 aromatic heterocycles. The van der Waals surface area contributed by atoms with Gasteiger partial charge in [-0.1, -0.05) is 11.6 Å². The van der Waals surface area contributed by atoms with Gasteiger partial charge in [-0.25, -0.2) is 4.39 Å². The van der Waals surface area contributed by atoms with Crippen LogP contribution in [0, 0.1) is 11.7 Å². The number of ether oxygens (including phenoxy) is 1. The van der Waals surface area contributed by atoms with Crippen molar-refractivity contribution in [2.45, 2.75) is 55.6 Å². The first-order chi connectivity index (χ1) is 14.3. The first-order valence-electron chi connectivity index (χ1n) is 10.4. The Morgan fingerprint density at radius 1 is 1.27 bits per heavy atom. The number of piperidine rings is 1. The van der Waals surface area contributed by atoms with Crippen LogP contribution in [0.25, 0.3) is 0 Å². The molecule has 3 saturated carbocycles. The van der Waals surface area contributed by atoms with Gasteiger partial charge >= 0.3 is 0 Å². The first kappa shape index (κ1) is 21.3. The topological polar surface area (TPSA) is 99.7 Å². The van der Waals surface area contributed by atoms with Crippen molar-refractivity contribution in [3.05, 3.63) is 29.0 Å². The molecule has 0 radical (unpaired) electrons. The summed E-state index contributed by atoms with van der Waals surface area (Å²) in [5, 5.41) is 18.5. The molecule has 4 aliphatic rings. The summed E-state index contributed by atoms with van der Waals surface area (Å²) in [5.41, 5.74) is -0.505. The van der Waals surface area contributed by atoms with E-state index in [1.165, 1.54) is 12.1 Å². The predicted octanol–water partition coefficient (Wildman–Crippen LogP) is 1.52. The van der Waals surface area contributed by atoms with E-state index in [9.17, 15) is 14.0 Å². The zero-order valence-electron chi connectivity index (χ0n) is 16.7. The van der Waals surface area contributed by atoms with Gasteiger partial charge in [0.2, 0.25) is 5.91 Å². The number of nitrogens with one attached hydrogen (secondary N) is 3. The Balaban J connectivity index is 1.19. The highest BCUT2D eigenvalue weighted by Crippen LogP contribution is 2.60. The molecule has 30 heavy (non-hydrogen) atoms. The average molecular weight is 440 g/mol. The van der Waals surface area contributed by atoms with Crippen LogP contribution < -0.4 is 20.7 Å². The zero-order valence-corrected chi connectivity index (χ0v) is 17.4. The van der Waals surface area contributed by atoms with Crippen LogP contribution in [0.2, 0.25) is 5.02 Å². The average Bonchev–Trinajstić information content (AvgIpc) is 2.66. The van der Waals surface area contributed by atoms with Gasteiger partial charge in [0.25, 0.3) is 5.91 Å². The molecule has 164 valence electrons. The molecule has 1 aromatic carbocycles. The fraction of sp³-hybridized carbons (Fsp3) is 0.619. The molecule has 2 unspecified atom stereocenters. The lowest BCUT2D eigenvalue weighted by atomic mass is 9.44. The van der Waals surface area contributed by atoms with Crippen LogP contribution in [0.1, 0.15) is 38.5 Å². The van der Waals surface area contributed by atoms with Crippen molar-refractivity contribution in [1.82, 2.24) is 16.0 Å². The van der Waals surface area contributed by atoms with Crippen LogP contribution in [0.4, 0.5) is 4.39 Å². The van der Waals surface area contributed by atoms with E-state index in [-0.39, 0.29) is 52.9 Å². The minimum Gasteiger partial charge on any atom is -0.484 e. The number of halogens is 2. The summed E-state index contributed by atoms with van der Waals surface area (Å²) in [4.78, 5) is 24.8. The number of hydrogen-bond donors (Lipinski definition) is 4. The number of hydrogen-bond acceptors (Lipinski definition) is 5. The van der Waals surface area contributed by atoms with Gasteiger partial charge in [-0.3, -0.25) is 9.59 Å². The third-order valence-corrected chi connectivity index (χ3v) is 6.76. The highest BCUT2D eigenvalue weighted by atomic mass is 35.5. The van der Waals surface area contributed by atoms with E-state index in [0.29, 0.717) is 25.2 Å². The molecule has 9 heteroatoms. The number of rotatable bonds is 8. The normalized spacial score (nSPS) is 31.8. The van der Waals surface area contributed by atoms with Crippen LogP contribution in [0.3, 0.4) is 0 Å². The summed E-state index contributed by atoms with van der Waals surface area (Å²) in [6.45, 7) is 0.732. The van der Waals surface area contributed by atoms with Gasteiger partial charge in [-0.2, -0.15) is 0 Å². The molecule has 4 N–H and O–H groups in total. The van der Waals surface area contributed by atoms with E-state index in [4.69, 9.17) is 21.4 Å². The van der Waals surface area contributed by atoms with Gasteiger partial charge in [0.15, 0.2) is 6.61 Å². The van der Waals surface area contributed by atoms with E-state index in [2.05, 4.69) is 16.0 Å². The van der Waals surface area contributed by atoms with Crippen LogP contribution >= 0.6 is 11.6 Å². The number of aliphatic hydroxyl groups excluding tert-OH is 1. The highest BCUT2D eigenvalue weighted by molar-refractivity contribution is 6.30. The number of aliphatic hydroxyl groups is 1. The minimum atomic E-state index is -0.596. The molecule has 2 atom stereocenters. The second kappa shape index (κ2) is 8.32. The molecule has 1 aliphatic heterocycles. The maximum atomic E-state index is 13.4. The van der Waals surface area contributed by atoms with Crippen molar-refractivity contribution in [2.24, 2.45) is 5.92 Å². The largest absolute Gasteiger partial charge is 0.484 e. The number of carbonyl (C=O) groups excluding carboxylic acids is 2. The van der Waals surface area contributed by atoms with Crippen LogP contribution in [-0.2, 0) is 9.59 Å². The van der Waals surface area contributed by atoms with Gasteiger partial charge in [-0.15, -0.1) is 0 Å². The second-order valence-electron chi connectivity index (χ2n) is 8.90. The molecule has 2 amide bonds.